The van der Waals surface area contributed by atoms with Crippen LogP contribution in [0.15, 0.2) is 52.4 Å². The normalized spacial score (nSPS) is 19.7. The number of amides is 1. The Morgan fingerprint density at radius 1 is 1.05 bits per heavy atom. The topological polar surface area (TPSA) is 106 Å². The quantitative estimate of drug-likeness (QED) is 0.319. The van der Waals surface area contributed by atoms with E-state index in [1.54, 1.807) is 16.7 Å². The predicted molar refractivity (Wildman–Crippen MR) is 162 cm³/mol. The van der Waals surface area contributed by atoms with Crippen molar-refractivity contribution >= 4 is 40.3 Å². The molecule has 1 aliphatic heterocycles. The molecule has 2 fully saturated rings. The molecule has 2 aliphatic rings. The lowest BCUT2D eigenvalue weighted by Gasteiger charge is -2.37. The number of rotatable bonds is 6. The standard InChI is InChI=1S/C30H32ClFN6O3S/c1-18-26(35-17-34-18)29(40)36(16-19-2-4-20(31)5-3-19)22-6-8-23(9-7-22)38-28(39)25-14-21(32)15-33-27(25)37(30(38)41)24-10-12-42-13-11-24/h2-5,14-15,17,22-24H,6-13,16H2,1H3,(H,34,35). The van der Waals surface area contributed by atoms with Gasteiger partial charge in [-0.15, -0.1) is 0 Å². The van der Waals surface area contributed by atoms with E-state index >= 15 is 0 Å². The number of imidazole rings is 1. The minimum Gasteiger partial charge on any atom is -0.348 e. The Kier molecular flexibility index (Phi) is 8.22. The van der Waals surface area contributed by atoms with Crippen LogP contribution in [0.1, 0.15) is 72.4 Å². The van der Waals surface area contributed by atoms with Crippen LogP contribution in [-0.4, -0.2) is 52.4 Å². The zero-order valence-corrected chi connectivity index (χ0v) is 24.8. The highest BCUT2D eigenvalue weighted by Gasteiger charge is 2.34. The van der Waals surface area contributed by atoms with E-state index in [4.69, 9.17) is 11.6 Å². The number of benzene rings is 1. The first-order valence-electron chi connectivity index (χ1n) is 14.3. The van der Waals surface area contributed by atoms with Crippen LogP contribution in [0.2, 0.25) is 5.02 Å². The highest BCUT2D eigenvalue weighted by atomic mass is 35.5. The predicted octanol–water partition coefficient (Wildman–Crippen LogP) is 5.28. The third-order valence-electron chi connectivity index (χ3n) is 8.51. The molecule has 0 unspecified atom stereocenters. The van der Waals surface area contributed by atoms with Crippen LogP contribution in [-0.2, 0) is 6.54 Å². The van der Waals surface area contributed by atoms with Crippen LogP contribution in [0, 0.1) is 12.7 Å². The summed E-state index contributed by atoms with van der Waals surface area (Å²) in [6.07, 6.45) is 6.41. The Balaban J connectivity index is 1.32. The van der Waals surface area contributed by atoms with Crippen molar-refractivity contribution in [1.82, 2.24) is 29.0 Å². The molecule has 3 aromatic heterocycles. The first-order valence-corrected chi connectivity index (χ1v) is 15.8. The molecule has 4 aromatic rings. The molecular weight excluding hydrogens is 579 g/mol. The second-order valence-electron chi connectivity index (χ2n) is 11.1. The summed E-state index contributed by atoms with van der Waals surface area (Å²) in [5.74, 6) is 1.05. The minimum atomic E-state index is -0.607. The van der Waals surface area contributed by atoms with Gasteiger partial charge >= 0.3 is 5.69 Å². The van der Waals surface area contributed by atoms with Crippen LogP contribution < -0.4 is 11.2 Å². The van der Waals surface area contributed by atoms with Crippen LogP contribution in [0.25, 0.3) is 11.0 Å². The molecule has 0 spiro atoms. The average Bonchev–Trinajstić information content (AvgIpc) is 3.44. The number of pyridine rings is 1. The van der Waals surface area contributed by atoms with Crippen LogP contribution >= 0.6 is 23.4 Å². The van der Waals surface area contributed by atoms with E-state index in [9.17, 15) is 18.8 Å². The molecule has 1 saturated carbocycles. The minimum absolute atomic E-state index is 0.0908. The van der Waals surface area contributed by atoms with Gasteiger partial charge in [-0.2, -0.15) is 11.8 Å². The van der Waals surface area contributed by atoms with Gasteiger partial charge in [0.15, 0.2) is 0 Å². The Morgan fingerprint density at radius 3 is 2.40 bits per heavy atom. The van der Waals surface area contributed by atoms with Crippen molar-refractivity contribution in [2.75, 3.05) is 11.5 Å². The number of carbonyl (C=O) groups excluding carboxylic acids is 1. The van der Waals surface area contributed by atoms with E-state index in [1.807, 2.05) is 35.7 Å². The lowest BCUT2D eigenvalue weighted by molar-refractivity contribution is 0.0583. The molecule has 9 nitrogen and oxygen atoms in total. The second kappa shape index (κ2) is 12.0. The maximum atomic E-state index is 14.3. The van der Waals surface area contributed by atoms with Gasteiger partial charge in [-0.3, -0.25) is 18.7 Å². The summed E-state index contributed by atoms with van der Waals surface area (Å²) >= 11 is 7.93. The fraction of sp³-hybridized carbons (Fsp3) is 0.433. The maximum absolute atomic E-state index is 14.3. The van der Waals surface area contributed by atoms with E-state index in [-0.39, 0.29) is 40.8 Å². The van der Waals surface area contributed by atoms with Crippen LogP contribution in [0.3, 0.4) is 0 Å². The molecule has 1 aliphatic carbocycles. The van der Waals surface area contributed by atoms with Gasteiger partial charge in [0.05, 0.1) is 17.9 Å². The van der Waals surface area contributed by atoms with Gasteiger partial charge in [0.25, 0.3) is 11.5 Å². The molecule has 1 N–H and O–H groups in total. The number of H-pyrrole nitrogens is 1. The number of hydrogen-bond donors (Lipinski definition) is 1. The zero-order valence-electron chi connectivity index (χ0n) is 23.3. The monoisotopic (exact) mass is 610 g/mol. The fourth-order valence-corrected chi connectivity index (χ4v) is 7.50. The number of aryl methyl sites for hydroxylation is 1. The molecule has 1 saturated heterocycles. The number of nitrogens with zero attached hydrogens (tertiary/aromatic N) is 5. The summed E-state index contributed by atoms with van der Waals surface area (Å²) < 4.78 is 17.2. The molecule has 1 aromatic carbocycles. The molecule has 12 heteroatoms. The number of nitrogens with one attached hydrogen (secondary N) is 1. The molecule has 0 radical (unpaired) electrons. The van der Waals surface area contributed by atoms with Crippen LogP contribution in [0.5, 0.6) is 0 Å². The van der Waals surface area contributed by atoms with E-state index in [0.717, 1.165) is 36.1 Å². The van der Waals surface area contributed by atoms with Gasteiger partial charge in [-0.05, 0) is 80.7 Å². The Bertz CT molecular complexity index is 1720. The first kappa shape index (κ1) is 28.7. The largest absolute Gasteiger partial charge is 0.348 e. The number of aromatic amines is 1. The van der Waals surface area contributed by atoms with Crippen molar-refractivity contribution < 1.29 is 9.18 Å². The van der Waals surface area contributed by atoms with E-state index in [1.165, 1.54) is 17.0 Å². The van der Waals surface area contributed by atoms with E-state index < -0.39 is 11.4 Å². The van der Waals surface area contributed by atoms with Gasteiger partial charge in [0, 0.05) is 35.4 Å². The maximum Gasteiger partial charge on any atom is 0.333 e. The van der Waals surface area contributed by atoms with Crippen molar-refractivity contribution in [2.24, 2.45) is 0 Å². The van der Waals surface area contributed by atoms with Crippen LogP contribution in [0.4, 0.5) is 4.39 Å². The number of aromatic nitrogens is 5. The van der Waals surface area contributed by atoms with E-state index in [0.29, 0.717) is 48.6 Å². The van der Waals surface area contributed by atoms with Crippen molar-refractivity contribution in [3.8, 4) is 0 Å². The highest BCUT2D eigenvalue weighted by Crippen LogP contribution is 2.33. The zero-order chi connectivity index (χ0) is 29.4. The summed E-state index contributed by atoms with van der Waals surface area (Å²) in [7, 11) is 0. The second-order valence-corrected chi connectivity index (χ2v) is 12.8. The number of thioether (sulfide) groups is 1. The van der Waals surface area contributed by atoms with Gasteiger partial charge < -0.3 is 9.88 Å². The Morgan fingerprint density at radius 2 is 1.74 bits per heavy atom. The van der Waals surface area contributed by atoms with Gasteiger partial charge in [-0.1, -0.05) is 23.7 Å². The van der Waals surface area contributed by atoms with Crippen molar-refractivity contribution in [2.45, 2.75) is 70.1 Å². The van der Waals surface area contributed by atoms with Gasteiger partial charge in [0.2, 0.25) is 0 Å². The average molecular weight is 611 g/mol. The Labute approximate surface area is 251 Å². The molecule has 4 heterocycles. The van der Waals surface area contributed by atoms with Crippen molar-refractivity contribution in [1.29, 1.82) is 0 Å². The number of fused-ring (bicyclic) bond motifs is 1. The van der Waals surface area contributed by atoms with Crippen molar-refractivity contribution in [3.05, 3.63) is 91.5 Å². The molecule has 220 valence electrons. The van der Waals surface area contributed by atoms with Gasteiger partial charge in [-0.25, -0.2) is 19.2 Å². The lowest BCUT2D eigenvalue weighted by Crippen LogP contribution is -2.47. The van der Waals surface area contributed by atoms with Crippen molar-refractivity contribution in [3.63, 3.8) is 0 Å². The number of hydrogen-bond acceptors (Lipinski definition) is 6. The fourth-order valence-electron chi connectivity index (χ4n) is 6.29. The van der Waals surface area contributed by atoms with Gasteiger partial charge in [0.1, 0.15) is 17.2 Å². The molecule has 6 rings (SSSR count). The molecule has 0 bridgehead atoms. The molecule has 1 amide bonds. The molecular formula is C30H32ClFN6O3S. The third kappa shape index (κ3) is 5.51. The summed E-state index contributed by atoms with van der Waals surface area (Å²) in [6.45, 7) is 2.20. The summed E-state index contributed by atoms with van der Waals surface area (Å²) in [5, 5.41) is 0.748. The number of carbonyl (C=O) groups is 1. The molecule has 42 heavy (non-hydrogen) atoms. The summed E-state index contributed by atoms with van der Waals surface area (Å²) in [5.41, 5.74) is 1.38. The van der Waals surface area contributed by atoms with E-state index in [2.05, 4.69) is 15.0 Å². The SMILES string of the molecule is Cc1[nH]cnc1C(=O)N(Cc1ccc(Cl)cc1)C1CCC(n2c(=O)c3cc(F)cnc3n(C3CCSCC3)c2=O)CC1. The number of halogens is 2. The lowest BCUT2D eigenvalue weighted by atomic mass is 9.89. The third-order valence-corrected chi connectivity index (χ3v) is 9.81. The summed E-state index contributed by atoms with van der Waals surface area (Å²) in [4.78, 5) is 54.7. The Hall–Kier alpha value is -3.44. The first-order chi connectivity index (χ1) is 20.3. The smallest absolute Gasteiger partial charge is 0.333 e. The summed E-state index contributed by atoms with van der Waals surface area (Å²) in [6, 6.07) is 8.03. The highest BCUT2D eigenvalue weighted by molar-refractivity contribution is 7.99. The molecule has 0 atom stereocenters.